The highest BCUT2D eigenvalue weighted by molar-refractivity contribution is 5.96. The molecule has 0 radical (unpaired) electrons. The molecule has 0 saturated heterocycles. The van der Waals surface area contributed by atoms with Gasteiger partial charge in [0, 0.05) is 24.1 Å². The summed E-state index contributed by atoms with van der Waals surface area (Å²) in [5.41, 5.74) is 8.69. The maximum absolute atomic E-state index is 12.1. The number of rotatable bonds is 8. The third-order valence-corrected chi connectivity index (χ3v) is 4.00. The molecule has 0 aliphatic heterocycles. The van der Waals surface area contributed by atoms with Crippen LogP contribution in [0.3, 0.4) is 0 Å². The molecule has 0 bridgehead atoms. The fourth-order valence-corrected chi connectivity index (χ4v) is 2.46. The van der Waals surface area contributed by atoms with E-state index in [0.717, 1.165) is 17.5 Å². The number of methoxy groups -OCH3 is 1. The minimum absolute atomic E-state index is 0.0372. The molecule has 26 heavy (non-hydrogen) atoms. The Labute approximate surface area is 152 Å². The van der Waals surface area contributed by atoms with E-state index in [2.05, 4.69) is 10.1 Å². The first kappa shape index (κ1) is 19.2. The Morgan fingerprint density at radius 1 is 0.962 bits per heavy atom. The topological polar surface area (TPSA) is 105 Å². The van der Waals surface area contributed by atoms with E-state index in [-0.39, 0.29) is 17.7 Å². The van der Waals surface area contributed by atoms with Gasteiger partial charge in [0.2, 0.25) is 0 Å². The number of amidine groups is 1. The fraction of sp³-hybridized carbons (Fsp3) is 0.250. The Bertz CT molecular complexity index is 768. The molecule has 0 aliphatic rings. The minimum Gasteiger partial charge on any atom is -0.469 e. The molecule has 2 aromatic rings. The molecule has 0 aromatic heterocycles. The van der Waals surface area contributed by atoms with Gasteiger partial charge in [-0.15, -0.1) is 0 Å². The number of hydrogen-bond acceptors (Lipinski definition) is 4. The highest BCUT2D eigenvalue weighted by atomic mass is 16.5. The number of hydrogen-bond donors (Lipinski definition) is 3. The number of nitrogens with two attached hydrogens (primary N) is 1. The summed E-state index contributed by atoms with van der Waals surface area (Å²) in [6, 6.07) is 14.7. The zero-order valence-corrected chi connectivity index (χ0v) is 14.7. The molecular formula is C20H23N3O3. The van der Waals surface area contributed by atoms with Crippen molar-refractivity contribution in [3.63, 3.8) is 0 Å². The lowest BCUT2D eigenvalue weighted by Crippen LogP contribution is -2.24. The molecule has 0 spiro atoms. The van der Waals surface area contributed by atoms with E-state index in [4.69, 9.17) is 11.1 Å². The second kappa shape index (κ2) is 9.36. The number of esters is 1. The molecule has 0 unspecified atom stereocenters. The van der Waals surface area contributed by atoms with Gasteiger partial charge in [-0.3, -0.25) is 15.0 Å². The van der Waals surface area contributed by atoms with Crippen LogP contribution in [0.4, 0.5) is 0 Å². The summed E-state index contributed by atoms with van der Waals surface area (Å²) in [6.07, 6.45) is 1.77. The molecule has 0 saturated carbocycles. The molecule has 0 aliphatic carbocycles. The van der Waals surface area contributed by atoms with Crippen molar-refractivity contribution in [2.24, 2.45) is 5.73 Å². The van der Waals surface area contributed by atoms with Crippen LogP contribution in [0, 0.1) is 5.41 Å². The molecule has 6 nitrogen and oxygen atoms in total. The van der Waals surface area contributed by atoms with Gasteiger partial charge in [-0.2, -0.15) is 0 Å². The molecule has 0 atom stereocenters. The predicted octanol–water partition coefficient (Wildman–Crippen LogP) is 2.71. The van der Waals surface area contributed by atoms with Gasteiger partial charge in [0.25, 0.3) is 5.91 Å². The molecule has 1 amide bonds. The SMILES string of the molecule is COC(=O)CCCCNC(=O)c1ccc(-c2ccc(C(=N)N)cc2)cc1. The van der Waals surface area contributed by atoms with E-state index in [1.165, 1.54) is 7.11 Å². The zero-order valence-electron chi connectivity index (χ0n) is 14.7. The Kier molecular flexibility index (Phi) is 6.91. The number of amides is 1. The van der Waals surface area contributed by atoms with E-state index in [9.17, 15) is 9.59 Å². The molecule has 6 heteroatoms. The minimum atomic E-state index is -0.233. The Morgan fingerprint density at radius 2 is 1.50 bits per heavy atom. The third-order valence-electron chi connectivity index (χ3n) is 4.00. The Balaban J connectivity index is 1.87. The van der Waals surface area contributed by atoms with Crippen LogP contribution in [0.15, 0.2) is 48.5 Å². The molecule has 2 rings (SSSR count). The number of carbonyl (C=O) groups excluding carboxylic acids is 2. The summed E-state index contributed by atoms with van der Waals surface area (Å²) in [5, 5.41) is 10.3. The second-order valence-electron chi connectivity index (χ2n) is 5.86. The first-order valence-corrected chi connectivity index (χ1v) is 8.41. The summed E-state index contributed by atoms with van der Waals surface area (Å²) in [7, 11) is 1.37. The summed E-state index contributed by atoms with van der Waals surface area (Å²) in [5.74, 6) is -0.333. The van der Waals surface area contributed by atoms with Crippen LogP contribution in [-0.2, 0) is 9.53 Å². The highest BCUT2D eigenvalue weighted by Crippen LogP contribution is 2.20. The van der Waals surface area contributed by atoms with Gasteiger partial charge in [-0.1, -0.05) is 36.4 Å². The number of benzene rings is 2. The van der Waals surface area contributed by atoms with Crippen molar-refractivity contribution >= 4 is 17.7 Å². The van der Waals surface area contributed by atoms with Crippen molar-refractivity contribution in [2.45, 2.75) is 19.3 Å². The van der Waals surface area contributed by atoms with Gasteiger partial charge >= 0.3 is 5.97 Å². The third kappa shape index (κ3) is 5.44. The summed E-state index contributed by atoms with van der Waals surface area (Å²) in [6.45, 7) is 0.518. The van der Waals surface area contributed by atoms with Crippen LogP contribution in [0.5, 0.6) is 0 Å². The van der Waals surface area contributed by atoms with Crippen molar-refractivity contribution in [3.05, 3.63) is 59.7 Å². The largest absolute Gasteiger partial charge is 0.469 e. The lowest BCUT2D eigenvalue weighted by Gasteiger charge is -2.07. The van der Waals surface area contributed by atoms with E-state index >= 15 is 0 Å². The summed E-state index contributed by atoms with van der Waals surface area (Å²) >= 11 is 0. The van der Waals surface area contributed by atoms with Crippen LogP contribution >= 0.6 is 0 Å². The van der Waals surface area contributed by atoms with Crippen molar-refractivity contribution in [2.75, 3.05) is 13.7 Å². The first-order valence-electron chi connectivity index (χ1n) is 8.41. The van der Waals surface area contributed by atoms with Crippen LogP contribution in [0.1, 0.15) is 35.2 Å². The van der Waals surface area contributed by atoms with Crippen molar-refractivity contribution in [3.8, 4) is 11.1 Å². The quantitative estimate of drug-likeness (QED) is 0.294. The lowest BCUT2D eigenvalue weighted by molar-refractivity contribution is -0.140. The van der Waals surface area contributed by atoms with Crippen molar-refractivity contribution in [1.29, 1.82) is 5.41 Å². The van der Waals surface area contributed by atoms with Gasteiger partial charge in [-0.05, 0) is 36.1 Å². The Morgan fingerprint density at radius 3 is 2.00 bits per heavy atom. The van der Waals surface area contributed by atoms with E-state index in [1.807, 2.05) is 24.3 Å². The standard InChI is InChI=1S/C20H23N3O3/c1-26-18(24)4-2-3-13-23-20(25)17-11-7-15(8-12-17)14-5-9-16(10-6-14)19(21)22/h5-12H,2-4,13H2,1H3,(H3,21,22)(H,23,25). The fourth-order valence-electron chi connectivity index (χ4n) is 2.46. The Hall–Kier alpha value is -3.15. The molecular weight excluding hydrogens is 330 g/mol. The second-order valence-corrected chi connectivity index (χ2v) is 5.86. The maximum atomic E-state index is 12.1. The van der Waals surface area contributed by atoms with Gasteiger partial charge < -0.3 is 15.8 Å². The monoisotopic (exact) mass is 353 g/mol. The van der Waals surface area contributed by atoms with Crippen LogP contribution < -0.4 is 11.1 Å². The number of carbonyl (C=O) groups is 2. The maximum Gasteiger partial charge on any atom is 0.305 e. The summed E-state index contributed by atoms with van der Waals surface area (Å²) in [4.78, 5) is 23.1. The average Bonchev–Trinajstić information content (AvgIpc) is 2.67. The van der Waals surface area contributed by atoms with Gasteiger partial charge in [-0.25, -0.2) is 0 Å². The predicted molar refractivity (Wildman–Crippen MR) is 101 cm³/mol. The molecule has 2 aromatic carbocycles. The van der Waals surface area contributed by atoms with Crippen molar-refractivity contribution in [1.82, 2.24) is 5.32 Å². The average molecular weight is 353 g/mol. The van der Waals surface area contributed by atoms with Crippen molar-refractivity contribution < 1.29 is 14.3 Å². The van der Waals surface area contributed by atoms with Crippen LogP contribution in [-0.4, -0.2) is 31.4 Å². The smallest absolute Gasteiger partial charge is 0.305 e. The van der Waals surface area contributed by atoms with E-state index in [1.54, 1.807) is 24.3 Å². The summed E-state index contributed by atoms with van der Waals surface area (Å²) < 4.78 is 4.57. The normalized spacial score (nSPS) is 10.2. The van der Waals surface area contributed by atoms with E-state index in [0.29, 0.717) is 30.5 Å². The highest BCUT2D eigenvalue weighted by Gasteiger charge is 2.06. The van der Waals surface area contributed by atoms with Crippen LogP contribution in [0.2, 0.25) is 0 Å². The lowest BCUT2D eigenvalue weighted by atomic mass is 10.0. The molecule has 4 N–H and O–H groups in total. The van der Waals surface area contributed by atoms with Crippen LogP contribution in [0.25, 0.3) is 11.1 Å². The number of nitrogens with one attached hydrogen (secondary N) is 2. The van der Waals surface area contributed by atoms with Gasteiger partial charge in [0.1, 0.15) is 5.84 Å². The first-order chi connectivity index (χ1) is 12.5. The number of ether oxygens (including phenoxy) is 1. The molecule has 0 fully saturated rings. The van der Waals surface area contributed by atoms with E-state index < -0.39 is 0 Å². The molecule has 0 heterocycles. The zero-order chi connectivity index (χ0) is 18.9. The molecule has 136 valence electrons. The number of unbranched alkanes of at least 4 members (excludes halogenated alkanes) is 1. The van der Waals surface area contributed by atoms with Gasteiger partial charge in [0.15, 0.2) is 0 Å². The van der Waals surface area contributed by atoms with Gasteiger partial charge in [0.05, 0.1) is 7.11 Å². The number of nitrogen functional groups attached to an aromatic ring is 1.